The Labute approximate surface area is 232 Å². The number of allylic oxidation sites excluding steroid dienone is 1. The summed E-state index contributed by atoms with van der Waals surface area (Å²) in [6, 6.07) is 19.6. The molecule has 206 valence electrons. The van der Waals surface area contributed by atoms with Gasteiger partial charge >= 0.3 is 0 Å². The van der Waals surface area contributed by atoms with E-state index < -0.39 is 11.6 Å². The van der Waals surface area contributed by atoms with Gasteiger partial charge in [0.1, 0.15) is 0 Å². The van der Waals surface area contributed by atoms with Crippen molar-refractivity contribution in [2.45, 2.75) is 70.8 Å². The lowest BCUT2D eigenvalue weighted by Crippen LogP contribution is -2.33. The second-order valence-electron chi connectivity index (χ2n) is 11.1. The molecule has 3 aromatic rings. The summed E-state index contributed by atoms with van der Waals surface area (Å²) in [6.07, 6.45) is 13.0. The Morgan fingerprint density at radius 3 is 2.08 bits per heavy atom. The average molecular weight is 531 g/mol. The molecule has 0 aromatic heterocycles. The molecule has 4 heteroatoms. The van der Waals surface area contributed by atoms with Gasteiger partial charge in [0.15, 0.2) is 11.6 Å². The molecule has 0 spiro atoms. The van der Waals surface area contributed by atoms with E-state index in [4.69, 9.17) is 9.47 Å². The maximum Gasteiger partial charge on any atom is 0.201 e. The molecule has 39 heavy (non-hydrogen) atoms. The standard InChI is InChI=1S/C35H40F2O2/c1-3-5-24-6-20-32(39-23-24)30-17-13-28(14-18-30)26-9-7-25(8-10-26)27-11-15-29(16-12-27)31-19-21-33(38-22-4-2)35(37)34(31)36/h3,5,7-12,15-16,19,21,24,28,30,32H,4,6,13-14,17-18,20,22-23H2,1-2H3/b5-3+. The summed E-state index contributed by atoms with van der Waals surface area (Å²) in [6.45, 7) is 5.25. The zero-order valence-electron chi connectivity index (χ0n) is 23.2. The largest absolute Gasteiger partial charge is 0.490 e. The minimum Gasteiger partial charge on any atom is -0.490 e. The van der Waals surface area contributed by atoms with Crippen LogP contribution < -0.4 is 4.74 Å². The van der Waals surface area contributed by atoms with Gasteiger partial charge in [-0.3, -0.25) is 0 Å². The molecule has 1 saturated heterocycles. The van der Waals surface area contributed by atoms with Gasteiger partial charge in [-0.2, -0.15) is 4.39 Å². The molecule has 3 aromatic carbocycles. The van der Waals surface area contributed by atoms with Gasteiger partial charge in [0, 0.05) is 11.5 Å². The van der Waals surface area contributed by atoms with Crippen LogP contribution in [0.5, 0.6) is 5.75 Å². The summed E-state index contributed by atoms with van der Waals surface area (Å²) in [5.41, 5.74) is 4.48. The maximum atomic E-state index is 14.7. The van der Waals surface area contributed by atoms with Crippen molar-refractivity contribution in [3.63, 3.8) is 0 Å². The van der Waals surface area contributed by atoms with Crippen molar-refractivity contribution in [3.05, 3.63) is 90.0 Å². The van der Waals surface area contributed by atoms with E-state index >= 15 is 0 Å². The molecule has 2 fully saturated rings. The first-order valence-corrected chi connectivity index (χ1v) is 14.6. The molecule has 0 amide bonds. The van der Waals surface area contributed by atoms with Crippen LogP contribution in [-0.2, 0) is 4.74 Å². The first-order valence-electron chi connectivity index (χ1n) is 14.6. The van der Waals surface area contributed by atoms with Gasteiger partial charge < -0.3 is 9.47 Å². The Kier molecular flexibility index (Phi) is 9.13. The summed E-state index contributed by atoms with van der Waals surface area (Å²) in [5, 5.41) is 0. The predicted molar refractivity (Wildman–Crippen MR) is 155 cm³/mol. The summed E-state index contributed by atoms with van der Waals surface area (Å²) >= 11 is 0. The van der Waals surface area contributed by atoms with E-state index in [1.54, 1.807) is 6.07 Å². The van der Waals surface area contributed by atoms with E-state index in [0.29, 0.717) is 36.0 Å². The molecule has 2 atom stereocenters. The zero-order valence-corrected chi connectivity index (χ0v) is 23.2. The minimum absolute atomic E-state index is 0.0381. The van der Waals surface area contributed by atoms with E-state index in [9.17, 15) is 8.78 Å². The van der Waals surface area contributed by atoms with Crippen LogP contribution in [0.4, 0.5) is 8.78 Å². The monoisotopic (exact) mass is 530 g/mol. The average Bonchev–Trinajstić information content (AvgIpc) is 2.99. The molecule has 0 radical (unpaired) electrons. The molecule has 2 nitrogen and oxygen atoms in total. The molecule has 2 aliphatic rings. The number of halogens is 2. The SMILES string of the molecule is C/C=C/C1CCC(C2CCC(c3ccc(-c4ccc(-c5ccc(OCCC)c(F)c5F)cc4)cc3)CC2)OC1. The van der Waals surface area contributed by atoms with E-state index in [1.165, 1.54) is 50.2 Å². The third-order valence-corrected chi connectivity index (χ3v) is 8.53. The normalized spacial score (nSPS) is 23.7. The molecule has 1 aliphatic carbocycles. The van der Waals surface area contributed by atoms with Gasteiger partial charge in [0.25, 0.3) is 0 Å². The Morgan fingerprint density at radius 1 is 0.795 bits per heavy atom. The smallest absolute Gasteiger partial charge is 0.201 e. The molecule has 2 unspecified atom stereocenters. The molecule has 1 aliphatic heterocycles. The van der Waals surface area contributed by atoms with E-state index in [0.717, 1.165) is 24.2 Å². The second kappa shape index (κ2) is 12.9. The summed E-state index contributed by atoms with van der Waals surface area (Å²) in [4.78, 5) is 0. The first-order chi connectivity index (χ1) is 19.1. The third-order valence-electron chi connectivity index (χ3n) is 8.53. The Hall–Kier alpha value is -2.98. The molecule has 1 heterocycles. The van der Waals surface area contributed by atoms with Crippen LogP contribution in [0.15, 0.2) is 72.8 Å². The van der Waals surface area contributed by atoms with Crippen molar-refractivity contribution in [2.75, 3.05) is 13.2 Å². The highest BCUT2D eigenvalue weighted by Crippen LogP contribution is 2.40. The van der Waals surface area contributed by atoms with Gasteiger partial charge in [-0.15, -0.1) is 0 Å². The number of hydrogen-bond acceptors (Lipinski definition) is 2. The van der Waals surface area contributed by atoms with Crippen LogP contribution in [0.25, 0.3) is 22.3 Å². The van der Waals surface area contributed by atoms with Crippen LogP contribution in [0.1, 0.15) is 70.3 Å². The van der Waals surface area contributed by atoms with Crippen molar-refractivity contribution in [1.29, 1.82) is 0 Å². The van der Waals surface area contributed by atoms with Crippen LogP contribution in [0.3, 0.4) is 0 Å². The lowest BCUT2D eigenvalue weighted by atomic mass is 9.75. The fourth-order valence-corrected chi connectivity index (χ4v) is 6.28. The maximum absolute atomic E-state index is 14.7. The highest BCUT2D eigenvalue weighted by atomic mass is 19.2. The zero-order chi connectivity index (χ0) is 27.2. The van der Waals surface area contributed by atoms with Crippen molar-refractivity contribution in [2.24, 2.45) is 11.8 Å². The molecule has 1 saturated carbocycles. The number of rotatable bonds is 8. The fourth-order valence-electron chi connectivity index (χ4n) is 6.28. The van der Waals surface area contributed by atoms with Gasteiger partial charge in [-0.1, -0.05) is 67.6 Å². The van der Waals surface area contributed by atoms with E-state index in [1.807, 2.05) is 31.2 Å². The summed E-state index contributed by atoms with van der Waals surface area (Å²) in [7, 11) is 0. The topological polar surface area (TPSA) is 18.5 Å². The fraction of sp³-hybridized carbons (Fsp3) is 0.429. The summed E-state index contributed by atoms with van der Waals surface area (Å²) < 4.78 is 40.8. The van der Waals surface area contributed by atoms with Gasteiger partial charge in [-0.25, -0.2) is 4.39 Å². The van der Waals surface area contributed by atoms with Crippen molar-refractivity contribution < 1.29 is 18.3 Å². The minimum atomic E-state index is -0.932. The number of ether oxygens (including phenoxy) is 2. The highest BCUT2D eigenvalue weighted by Gasteiger charge is 2.31. The van der Waals surface area contributed by atoms with E-state index in [-0.39, 0.29) is 11.3 Å². The molecule has 0 N–H and O–H groups in total. The van der Waals surface area contributed by atoms with Crippen molar-refractivity contribution in [3.8, 4) is 28.0 Å². The second-order valence-corrected chi connectivity index (χ2v) is 11.1. The van der Waals surface area contributed by atoms with Gasteiger partial charge in [-0.05, 0) is 98.1 Å². The van der Waals surface area contributed by atoms with Gasteiger partial charge in [0.05, 0.1) is 19.3 Å². The molecular formula is C35H40F2O2. The van der Waals surface area contributed by atoms with Crippen LogP contribution in [0, 0.1) is 23.5 Å². The quantitative estimate of drug-likeness (QED) is 0.270. The van der Waals surface area contributed by atoms with E-state index in [2.05, 4.69) is 43.3 Å². The Bertz CT molecular complexity index is 1230. The molecular weight excluding hydrogens is 490 g/mol. The third kappa shape index (κ3) is 6.44. The Morgan fingerprint density at radius 2 is 1.46 bits per heavy atom. The highest BCUT2D eigenvalue weighted by molar-refractivity contribution is 5.71. The van der Waals surface area contributed by atoms with Crippen LogP contribution in [0.2, 0.25) is 0 Å². The van der Waals surface area contributed by atoms with Crippen LogP contribution >= 0.6 is 0 Å². The number of benzene rings is 3. The predicted octanol–water partition coefficient (Wildman–Crippen LogP) is 9.73. The summed E-state index contributed by atoms with van der Waals surface area (Å²) in [5.74, 6) is 0.0627. The van der Waals surface area contributed by atoms with Crippen molar-refractivity contribution >= 4 is 0 Å². The molecule has 0 bridgehead atoms. The molecule has 5 rings (SSSR count). The van der Waals surface area contributed by atoms with Crippen LogP contribution in [-0.4, -0.2) is 19.3 Å². The first kappa shape index (κ1) is 27.6. The van der Waals surface area contributed by atoms with Crippen molar-refractivity contribution in [1.82, 2.24) is 0 Å². The van der Waals surface area contributed by atoms with Gasteiger partial charge in [0.2, 0.25) is 5.82 Å². The lowest BCUT2D eigenvalue weighted by Gasteiger charge is -2.37. The Balaban J connectivity index is 1.18. The lowest BCUT2D eigenvalue weighted by molar-refractivity contribution is -0.0470. The number of hydrogen-bond donors (Lipinski definition) is 0.